The summed E-state index contributed by atoms with van der Waals surface area (Å²) >= 11 is 0. The van der Waals surface area contributed by atoms with Crippen molar-refractivity contribution in [2.24, 2.45) is 0 Å². The molecule has 64 heavy (non-hydrogen) atoms. The molecule has 304 valence electrons. The van der Waals surface area contributed by atoms with Gasteiger partial charge in [-0.25, -0.2) is 9.97 Å². The quantitative estimate of drug-likeness (QED) is 0.145. The summed E-state index contributed by atoms with van der Waals surface area (Å²) in [5, 5.41) is 3.63. The summed E-state index contributed by atoms with van der Waals surface area (Å²) in [5.74, 6) is 0.712. The number of rotatable bonds is 9. The van der Waals surface area contributed by atoms with Gasteiger partial charge >= 0.3 is 0 Å². The highest BCUT2D eigenvalue weighted by Crippen LogP contribution is 2.39. The summed E-state index contributed by atoms with van der Waals surface area (Å²) in [7, 11) is 0. The van der Waals surface area contributed by atoms with Crippen LogP contribution in [0.2, 0.25) is 0 Å². The third-order valence-corrected chi connectivity index (χ3v) is 12.2. The maximum atomic E-state index is 5.06. The maximum Gasteiger partial charge on any atom is 0.160 e. The normalized spacial score (nSPS) is 11.6. The van der Waals surface area contributed by atoms with Crippen molar-refractivity contribution in [3.63, 3.8) is 0 Å². The Labute approximate surface area is 373 Å². The third kappa shape index (κ3) is 6.82. The van der Waals surface area contributed by atoms with Crippen molar-refractivity contribution in [3.8, 4) is 67.5 Å². The van der Waals surface area contributed by atoms with Crippen LogP contribution in [0.3, 0.4) is 0 Å². The molecule has 0 amide bonds. The van der Waals surface area contributed by atoms with E-state index in [0.717, 1.165) is 84.0 Å². The highest BCUT2D eigenvalue weighted by molar-refractivity contribution is 6.10. The molecule has 0 atom stereocenters. The Balaban J connectivity index is 0.976. The van der Waals surface area contributed by atoms with Crippen molar-refractivity contribution in [2.45, 2.75) is 13.8 Å². The Morgan fingerprint density at radius 3 is 1.69 bits per heavy atom. The van der Waals surface area contributed by atoms with Gasteiger partial charge in [0.15, 0.2) is 5.82 Å². The topological polar surface area (TPSA) is 35.6 Å². The lowest BCUT2D eigenvalue weighted by molar-refractivity contribution is 1.09. The van der Waals surface area contributed by atoms with Gasteiger partial charge in [-0.15, -0.1) is 0 Å². The Bertz CT molecular complexity index is 3500. The second kappa shape index (κ2) is 16.2. The minimum absolute atomic E-state index is 0.712. The first-order valence-electron chi connectivity index (χ1n) is 21.8. The Kier molecular flexibility index (Phi) is 9.75. The molecular weight excluding hydrogens is 777 g/mol. The fraction of sp³-hybridized carbons (Fsp3) is 0.0333. The van der Waals surface area contributed by atoms with Gasteiger partial charge in [0, 0.05) is 49.8 Å². The van der Waals surface area contributed by atoms with E-state index in [-0.39, 0.29) is 0 Å². The van der Waals surface area contributed by atoms with Gasteiger partial charge in [0.2, 0.25) is 0 Å². The van der Waals surface area contributed by atoms with Gasteiger partial charge in [-0.3, -0.25) is 0 Å². The van der Waals surface area contributed by atoms with Gasteiger partial charge in [0.25, 0.3) is 0 Å². The first-order valence-corrected chi connectivity index (χ1v) is 21.8. The summed E-state index contributed by atoms with van der Waals surface area (Å²) in [6.45, 7) is 8.59. The van der Waals surface area contributed by atoms with E-state index < -0.39 is 0 Å². The minimum Gasteiger partial charge on any atom is -0.309 e. The molecule has 0 spiro atoms. The van der Waals surface area contributed by atoms with E-state index in [1.807, 2.05) is 36.4 Å². The predicted molar refractivity (Wildman–Crippen MR) is 270 cm³/mol. The van der Waals surface area contributed by atoms with Crippen LogP contribution in [-0.4, -0.2) is 19.1 Å². The van der Waals surface area contributed by atoms with E-state index in [9.17, 15) is 0 Å². The van der Waals surface area contributed by atoms with Crippen molar-refractivity contribution < 1.29 is 0 Å². The number of fused-ring (bicyclic) bond motifs is 4. The summed E-state index contributed by atoms with van der Waals surface area (Å²) in [4.78, 5) is 10.0. The molecule has 0 bridgehead atoms. The van der Waals surface area contributed by atoms with Crippen LogP contribution in [-0.2, 0) is 0 Å². The molecule has 0 aliphatic carbocycles. The molecule has 3 aromatic heterocycles. The summed E-state index contributed by atoms with van der Waals surface area (Å²) in [6, 6.07) is 73.4. The van der Waals surface area contributed by atoms with Crippen LogP contribution in [0.4, 0.5) is 0 Å². The highest BCUT2D eigenvalue weighted by Gasteiger charge is 2.19. The van der Waals surface area contributed by atoms with Crippen LogP contribution in [0.5, 0.6) is 0 Å². The Hall–Kier alpha value is -8.34. The molecule has 4 heteroatoms. The standard InChI is InChI=1S/C60H44N4/c1-4-17-52-51-34-32-47(38-58(51)64(59(52)40(2)3)48-23-12-7-13-24-48)45-22-16-25-49(36-45)63-56-27-15-14-26-50(56)53-37-46(33-35-57(53)63)41-28-30-43(31-29-41)55-39-54(42-18-8-5-9-19-42)61-60(62-55)44-20-10-6-11-21-44/h4-39H,2H2,1,3H3/b17-4-. The molecule has 11 rings (SSSR count). The van der Waals surface area contributed by atoms with Gasteiger partial charge < -0.3 is 9.13 Å². The molecule has 0 saturated carbocycles. The number of hydrogen-bond acceptors (Lipinski definition) is 2. The lowest BCUT2D eigenvalue weighted by Gasteiger charge is -2.13. The zero-order valence-corrected chi connectivity index (χ0v) is 35.8. The summed E-state index contributed by atoms with van der Waals surface area (Å²) in [6.07, 6.45) is 4.32. The minimum atomic E-state index is 0.712. The molecule has 0 radical (unpaired) electrons. The maximum absolute atomic E-state index is 5.06. The molecule has 0 aliphatic heterocycles. The largest absolute Gasteiger partial charge is 0.309 e. The number of nitrogens with zero attached hydrogens (tertiary/aromatic N) is 4. The van der Waals surface area contributed by atoms with Crippen LogP contribution in [0.25, 0.3) is 112 Å². The van der Waals surface area contributed by atoms with Crippen LogP contribution in [0.1, 0.15) is 25.1 Å². The van der Waals surface area contributed by atoms with Gasteiger partial charge in [0.05, 0.1) is 33.6 Å². The van der Waals surface area contributed by atoms with Gasteiger partial charge in [-0.1, -0.05) is 170 Å². The summed E-state index contributed by atoms with van der Waals surface area (Å²) < 4.78 is 4.76. The highest BCUT2D eigenvalue weighted by atomic mass is 15.0. The van der Waals surface area contributed by atoms with Crippen molar-refractivity contribution in [3.05, 3.63) is 230 Å². The third-order valence-electron chi connectivity index (χ3n) is 12.2. The first-order chi connectivity index (χ1) is 31.5. The predicted octanol–water partition coefficient (Wildman–Crippen LogP) is 15.9. The smallest absolute Gasteiger partial charge is 0.160 e. The molecule has 0 fully saturated rings. The number of aromatic nitrogens is 4. The van der Waals surface area contributed by atoms with Crippen LogP contribution < -0.4 is 0 Å². The lowest BCUT2D eigenvalue weighted by Crippen LogP contribution is -1.99. The summed E-state index contributed by atoms with van der Waals surface area (Å²) in [5.41, 5.74) is 18.6. The SMILES string of the molecule is C=C(C)c1c(/C=C\C)c2ccc(-c3cccc(-n4c5ccccc5c5cc(-c6ccc(-c7cc(-c8ccccc8)nc(-c8ccccc8)n7)cc6)ccc54)c3)cc2n1-c1ccccc1. The molecule has 0 aliphatic rings. The Morgan fingerprint density at radius 1 is 0.422 bits per heavy atom. The number of benzene rings is 8. The molecule has 3 heterocycles. The first kappa shape index (κ1) is 38.6. The van der Waals surface area contributed by atoms with Gasteiger partial charge in [-0.05, 0) is 96.3 Å². The van der Waals surface area contributed by atoms with Crippen molar-refractivity contribution in [2.75, 3.05) is 0 Å². The fourth-order valence-electron chi connectivity index (χ4n) is 9.25. The van der Waals surface area contributed by atoms with E-state index in [1.54, 1.807) is 0 Å². The van der Waals surface area contributed by atoms with Crippen LogP contribution in [0, 0.1) is 0 Å². The Morgan fingerprint density at radius 2 is 0.969 bits per heavy atom. The van der Waals surface area contributed by atoms with Crippen LogP contribution in [0.15, 0.2) is 219 Å². The average molecular weight is 821 g/mol. The van der Waals surface area contributed by atoms with Gasteiger partial charge in [0.1, 0.15) is 0 Å². The average Bonchev–Trinajstić information content (AvgIpc) is 3.87. The van der Waals surface area contributed by atoms with E-state index in [4.69, 9.17) is 9.97 Å². The molecule has 0 unspecified atom stereocenters. The van der Waals surface area contributed by atoms with E-state index >= 15 is 0 Å². The number of allylic oxidation sites excluding steroid dienone is 2. The zero-order chi connectivity index (χ0) is 43.1. The van der Waals surface area contributed by atoms with Crippen molar-refractivity contribution >= 4 is 44.4 Å². The van der Waals surface area contributed by atoms with Crippen molar-refractivity contribution in [1.82, 2.24) is 19.1 Å². The van der Waals surface area contributed by atoms with Crippen LogP contribution >= 0.6 is 0 Å². The fourth-order valence-corrected chi connectivity index (χ4v) is 9.25. The lowest BCUT2D eigenvalue weighted by atomic mass is 10.00. The number of hydrogen-bond donors (Lipinski definition) is 0. The van der Waals surface area contributed by atoms with Crippen molar-refractivity contribution in [1.29, 1.82) is 0 Å². The number of para-hydroxylation sites is 2. The van der Waals surface area contributed by atoms with E-state index in [2.05, 4.69) is 212 Å². The molecular formula is C60H44N4. The molecule has 4 nitrogen and oxygen atoms in total. The van der Waals surface area contributed by atoms with E-state index in [1.165, 1.54) is 27.2 Å². The second-order valence-corrected chi connectivity index (χ2v) is 16.4. The molecule has 8 aromatic carbocycles. The van der Waals surface area contributed by atoms with Gasteiger partial charge in [-0.2, -0.15) is 0 Å². The zero-order valence-electron chi connectivity index (χ0n) is 35.8. The second-order valence-electron chi connectivity index (χ2n) is 16.4. The monoisotopic (exact) mass is 820 g/mol. The van der Waals surface area contributed by atoms with E-state index in [0.29, 0.717) is 5.82 Å². The molecule has 0 saturated heterocycles. The molecule has 11 aromatic rings. The molecule has 0 N–H and O–H groups in total.